The molecule has 0 aromatic carbocycles. The van der Waals surface area contributed by atoms with E-state index in [0.717, 1.165) is 56.2 Å². The summed E-state index contributed by atoms with van der Waals surface area (Å²) >= 11 is 0. The van der Waals surface area contributed by atoms with Crippen LogP contribution in [0.1, 0.15) is 51.0 Å². The zero-order valence-electron chi connectivity index (χ0n) is 15.4. The summed E-state index contributed by atoms with van der Waals surface area (Å²) in [6.07, 6.45) is 9.08. The molecule has 0 amide bonds. The van der Waals surface area contributed by atoms with Crippen molar-refractivity contribution in [2.75, 3.05) is 20.2 Å². The maximum Gasteiger partial charge on any atom is 0.218 e. The number of nitrogens with zero attached hydrogens (tertiary/aromatic N) is 2. The highest BCUT2D eigenvalue weighted by atomic mass is 16.5. The molecule has 1 atom stereocenters. The van der Waals surface area contributed by atoms with Crippen molar-refractivity contribution in [1.29, 1.82) is 0 Å². The minimum Gasteiger partial charge on any atom is -0.474 e. The van der Waals surface area contributed by atoms with Gasteiger partial charge in [0.05, 0.1) is 5.60 Å². The van der Waals surface area contributed by atoms with Crippen molar-refractivity contribution in [2.45, 2.75) is 63.7 Å². The largest absolute Gasteiger partial charge is 0.474 e. The molecule has 1 saturated heterocycles. The summed E-state index contributed by atoms with van der Waals surface area (Å²) in [5.41, 5.74) is 0.962. The summed E-state index contributed by atoms with van der Waals surface area (Å²) in [5, 5.41) is 6.72. The van der Waals surface area contributed by atoms with Gasteiger partial charge in [-0.25, -0.2) is 4.98 Å². The van der Waals surface area contributed by atoms with Gasteiger partial charge in [-0.15, -0.1) is 0 Å². The van der Waals surface area contributed by atoms with Crippen LogP contribution in [-0.4, -0.2) is 42.8 Å². The normalized spacial score (nSPS) is 24.5. The highest BCUT2D eigenvalue weighted by molar-refractivity contribution is 5.79. The Hall–Kier alpha value is -1.82. The van der Waals surface area contributed by atoms with E-state index in [2.05, 4.69) is 33.6 Å². The molecule has 0 radical (unpaired) electrons. The molecule has 1 saturated carbocycles. The quantitative estimate of drug-likeness (QED) is 0.612. The number of hydrogen-bond acceptors (Lipinski definition) is 4. The first-order chi connectivity index (χ1) is 12.2. The van der Waals surface area contributed by atoms with Gasteiger partial charge in [-0.2, -0.15) is 0 Å². The van der Waals surface area contributed by atoms with Gasteiger partial charge in [0.1, 0.15) is 6.10 Å². The van der Waals surface area contributed by atoms with E-state index < -0.39 is 0 Å². The molecule has 2 aliphatic rings. The molecule has 1 aromatic heterocycles. The van der Waals surface area contributed by atoms with Gasteiger partial charge in [0.15, 0.2) is 5.96 Å². The topological polar surface area (TPSA) is 67.8 Å². The molecule has 1 aromatic rings. The van der Waals surface area contributed by atoms with E-state index in [1.165, 1.54) is 12.8 Å². The lowest BCUT2D eigenvalue weighted by Crippen LogP contribution is -2.45. The highest BCUT2D eigenvalue weighted by Crippen LogP contribution is 2.25. The average molecular weight is 346 g/mol. The zero-order chi connectivity index (χ0) is 17.5. The van der Waals surface area contributed by atoms with Crippen LogP contribution in [0.2, 0.25) is 0 Å². The second-order valence-corrected chi connectivity index (χ2v) is 7.17. The van der Waals surface area contributed by atoms with Crippen molar-refractivity contribution >= 4 is 5.96 Å². The summed E-state index contributed by atoms with van der Waals surface area (Å²) in [4.78, 5) is 8.73. The van der Waals surface area contributed by atoms with Crippen LogP contribution < -0.4 is 15.4 Å². The Morgan fingerprint density at radius 1 is 1.36 bits per heavy atom. The van der Waals surface area contributed by atoms with Gasteiger partial charge in [-0.1, -0.05) is 6.07 Å². The molecule has 0 spiro atoms. The molecule has 1 aliphatic heterocycles. The summed E-state index contributed by atoms with van der Waals surface area (Å²) in [6, 6.07) is 4.00. The number of guanidine groups is 1. The second-order valence-electron chi connectivity index (χ2n) is 7.17. The molecule has 1 unspecified atom stereocenters. The van der Waals surface area contributed by atoms with Crippen LogP contribution in [0.3, 0.4) is 0 Å². The van der Waals surface area contributed by atoms with Crippen molar-refractivity contribution < 1.29 is 9.47 Å². The van der Waals surface area contributed by atoms with Gasteiger partial charge in [-0.3, -0.25) is 4.99 Å². The molecule has 3 rings (SSSR count). The number of rotatable bonds is 6. The predicted octanol–water partition coefficient (Wildman–Crippen LogP) is 2.64. The smallest absolute Gasteiger partial charge is 0.218 e. The van der Waals surface area contributed by atoms with Crippen LogP contribution in [0.15, 0.2) is 23.3 Å². The highest BCUT2D eigenvalue weighted by Gasteiger charge is 2.29. The lowest BCUT2D eigenvalue weighted by molar-refractivity contribution is 0.0243. The Kier molecular flexibility index (Phi) is 6.13. The van der Waals surface area contributed by atoms with Gasteiger partial charge in [0, 0.05) is 38.5 Å². The molecule has 2 heterocycles. The maximum atomic E-state index is 6.10. The summed E-state index contributed by atoms with van der Waals surface area (Å²) < 4.78 is 11.9. The van der Waals surface area contributed by atoms with E-state index >= 15 is 0 Å². The van der Waals surface area contributed by atoms with Gasteiger partial charge in [0.25, 0.3) is 0 Å². The maximum absolute atomic E-state index is 6.10. The molecule has 2 fully saturated rings. The van der Waals surface area contributed by atoms with Crippen LogP contribution in [0, 0.1) is 0 Å². The second kappa shape index (κ2) is 8.52. The number of ether oxygens (including phenoxy) is 2. The van der Waals surface area contributed by atoms with Crippen molar-refractivity contribution in [3.63, 3.8) is 0 Å². The van der Waals surface area contributed by atoms with Crippen molar-refractivity contribution in [3.8, 4) is 5.88 Å². The van der Waals surface area contributed by atoms with Gasteiger partial charge in [0.2, 0.25) is 5.88 Å². The van der Waals surface area contributed by atoms with Crippen LogP contribution in [0.5, 0.6) is 5.88 Å². The fourth-order valence-corrected chi connectivity index (χ4v) is 3.48. The Labute approximate surface area is 150 Å². The van der Waals surface area contributed by atoms with Gasteiger partial charge in [-0.05, 0) is 51.5 Å². The molecular formula is C19H30N4O2. The summed E-state index contributed by atoms with van der Waals surface area (Å²) in [7, 11) is 1.78. The van der Waals surface area contributed by atoms with Crippen molar-refractivity contribution in [3.05, 3.63) is 23.9 Å². The third kappa shape index (κ3) is 5.08. The predicted molar refractivity (Wildman–Crippen MR) is 98.9 cm³/mol. The van der Waals surface area contributed by atoms with E-state index in [0.29, 0.717) is 12.6 Å². The minimum atomic E-state index is -0.0946. The molecule has 25 heavy (non-hydrogen) atoms. The molecule has 0 bridgehead atoms. The standard InChI is InChI=1S/C19H30N4O2/c1-19(10-6-12-24-19)14-23-18(20-2)22-13-15-7-5-11-21-17(15)25-16-8-3-4-9-16/h5,7,11,16H,3-4,6,8-10,12-14H2,1-2H3,(H2,20,22,23). The van der Waals surface area contributed by atoms with Crippen LogP contribution >= 0.6 is 0 Å². The summed E-state index contributed by atoms with van der Waals surface area (Å²) in [5.74, 6) is 1.51. The van der Waals surface area contributed by atoms with Crippen molar-refractivity contribution in [1.82, 2.24) is 15.6 Å². The molecular weight excluding hydrogens is 316 g/mol. The average Bonchev–Trinajstić information content (AvgIpc) is 3.28. The van der Waals surface area contributed by atoms with Crippen LogP contribution in [0.4, 0.5) is 0 Å². The van der Waals surface area contributed by atoms with E-state index in [1.54, 1.807) is 13.2 Å². The van der Waals surface area contributed by atoms with E-state index in [-0.39, 0.29) is 5.60 Å². The Balaban J connectivity index is 1.52. The summed E-state index contributed by atoms with van der Waals surface area (Å²) in [6.45, 7) is 4.38. The molecule has 6 nitrogen and oxygen atoms in total. The number of hydrogen-bond donors (Lipinski definition) is 2. The lowest BCUT2D eigenvalue weighted by Gasteiger charge is -2.24. The van der Waals surface area contributed by atoms with Crippen LogP contribution in [0.25, 0.3) is 0 Å². The first kappa shape index (κ1) is 18.0. The Morgan fingerprint density at radius 2 is 2.20 bits per heavy atom. The SMILES string of the molecule is CN=C(NCc1cccnc1OC1CCCC1)NCC1(C)CCCO1. The third-order valence-corrected chi connectivity index (χ3v) is 5.03. The fraction of sp³-hybridized carbons (Fsp3) is 0.684. The Bertz CT molecular complexity index is 579. The molecule has 138 valence electrons. The van der Waals surface area contributed by atoms with E-state index in [9.17, 15) is 0 Å². The Morgan fingerprint density at radius 3 is 2.92 bits per heavy atom. The monoisotopic (exact) mass is 346 g/mol. The molecule has 6 heteroatoms. The van der Waals surface area contributed by atoms with E-state index in [1.807, 2.05) is 6.07 Å². The van der Waals surface area contributed by atoms with Gasteiger partial charge >= 0.3 is 0 Å². The lowest BCUT2D eigenvalue weighted by atomic mass is 10.0. The number of aliphatic imine (C=N–C) groups is 1. The zero-order valence-corrected chi connectivity index (χ0v) is 15.4. The number of pyridine rings is 1. The minimum absolute atomic E-state index is 0.0946. The van der Waals surface area contributed by atoms with Crippen molar-refractivity contribution in [2.24, 2.45) is 4.99 Å². The molecule has 1 aliphatic carbocycles. The van der Waals surface area contributed by atoms with Crippen LogP contribution in [-0.2, 0) is 11.3 Å². The van der Waals surface area contributed by atoms with E-state index in [4.69, 9.17) is 9.47 Å². The fourth-order valence-electron chi connectivity index (χ4n) is 3.48. The number of nitrogens with one attached hydrogen (secondary N) is 2. The van der Waals surface area contributed by atoms with Gasteiger partial charge < -0.3 is 20.1 Å². The molecule has 2 N–H and O–H groups in total. The first-order valence-corrected chi connectivity index (χ1v) is 9.37. The first-order valence-electron chi connectivity index (χ1n) is 9.37. The number of aromatic nitrogens is 1. The third-order valence-electron chi connectivity index (χ3n) is 5.03.